The molecule has 0 aliphatic heterocycles. The summed E-state index contributed by atoms with van der Waals surface area (Å²) in [5, 5.41) is 5.36. The summed E-state index contributed by atoms with van der Waals surface area (Å²) in [5.74, 6) is 1.01. The van der Waals surface area contributed by atoms with Crippen LogP contribution >= 0.6 is 11.3 Å². The molecule has 0 aliphatic rings. The van der Waals surface area contributed by atoms with Crippen LogP contribution in [0.4, 0.5) is 0 Å². The van der Waals surface area contributed by atoms with Crippen LogP contribution in [0.3, 0.4) is 0 Å². The van der Waals surface area contributed by atoms with Crippen molar-refractivity contribution in [3.63, 3.8) is 0 Å². The number of thiazole rings is 1. The molecule has 0 saturated carbocycles. The van der Waals surface area contributed by atoms with Gasteiger partial charge < -0.3 is 14.8 Å². The Kier molecular flexibility index (Phi) is 6.03. The van der Waals surface area contributed by atoms with E-state index in [4.69, 9.17) is 9.47 Å². The van der Waals surface area contributed by atoms with Crippen LogP contribution in [-0.4, -0.2) is 29.1 Å². The Morgan fingerprint density at radius 1 is 1.22 bits per heavy atom. The van der Waals surface area contributed by atoms with Crippen molar-refractivity contribution >= 4 is 17.2 Å². The Bertz CT molecular complexity index is 924. The van der Waals surface area contributed by atoms with Crippen LogP contribution in [-0.2, 0) is 6.54 Å². The molecule has 0 atom stereocenters. The number of para-hydroxylation sites is 1. The second-order valence-electron chi connectivity index (χ2n) is 6.06. The molecule has 7 heteroatoms. The maximum atomic E-state index is 12.5. The van der Waals surface area contributed by atoms with Crippen molar-refractivity contribution in [1.82, 2.24) is 15.3 Å². The predicted octanol–water partition coefficient (Wildman–Crippen LogP) is 3.93. The maximum absolute atomic E-state index is 12.5. The summed E-state index contributed by atoms with van der Waals surface area (Å²) in [6, 6.07) is 11.3. The first-order chi connectivity index (χ1) is 13.1. The van der Waals surface area contributed by atoms with Crippen LogP contribution in [0.2, 0.25) is 0 Å². The van der Waals surface area contributed by atoms with Gasteiger partial charge in [-0.05, 0) is 32.0 Å². The highest BCUT2D eigenvalue weighted by atomic mass is 32.1. The molecule has 140 valence electrons. The van der Waals surface area contributed by atoms with Crippen molar-refractivity contribution in [2.45, 2.75) is 26.5 Å². The molecule has 1 aromatic carbocycles. The summed E-state index contributed by atoms with van der Waals surface area (Å²) in [5.41, 5.74) is 2.06. The largest absolute Gasteiger partial charge is 0.496 e. The third-order valence-electron chi connectivity index (χ3n) is 3.71. The minimum absolute atomic E-state index is 0.0105. The Balaban J connectivity index is 1.71. The lowest BCUT2D eigenvalue weighted by atomic mass is 10.2. The van der Waals surface area contributed by atoms with Gasteiger partial charge in [-0.25, -0.2) is 9.97 Å². The van der Waals surface area contributed by atoms with Gasteiger partial charge in [0.1, 0.15) is 16.5 Å². The number of nitrogens with zero attached hydrogens (tertiary/aromatic N) is 2. The summed E-state index contributed by atoms with van der Waals surface area (Å²) < 4.78 is 11.0. The first kappa shape index (κ1) is 18.8. The number of carbonyl (C=O) groups excluding carboxylic acids is 1. The zero-order valence-corrected chi connectivity index (χ0v) is 16.2. The van der Waals surface area contributed by atoms with Gasteiger partial charge in [0.05, 0.1) is 18.8 Å². The van der Waals surface area contributed by atoms with Crippen LogP contribution in [0.15, 0.2) is 48.0 Å². The zero-order valence-electron chi connectivity index (χ0n) is 15.4. The molecular formula is C20H21N3O3S. The third-order valence-corrected chi connectivity index (χ3v) is 4.59. The highest BCUT2D eigenvalue weighted by Crippen LogP contribution is 2.31. The van der Waals surface area contributed by atoms with E-state index < -0.39 is 0 Å². The second-order valence-corrected chi connectivity index (χ2v) is 6.91. The van der Waals surface area contributed by atoms with Crippen LogP contribution in [0, 0.1) is 0 Å². The number of aromatic nitrogens is 2. The van der Waals surface area contributed by atoms with E-state index in [1.165, 1.54) is 11.3 Å². The van der Waals surface area contributed by atoms with Crippen LogP contribution in [0.25, 0.3) is 10.6 Å². The molecule has 1 N–H and O–H groups in total. The van der Waals surface area contributed by atoms with Gasteiger partial charge in [0.2, 0.25) is 5.88 Å². The number of methoxy groups -OCH3 is 1. The van der Waals surface area contributed by atoms with Crippen molar-refractivity contribution in [2.75, 3.05) is 7.11 Å². The van der Waals surface area contributed by atoms with E-state index in [2.05, 4.69) is 15.3 Å². The third kappa shape index (κ3) is 4.62. The molecule has 0 saturated heterocycles. The number of benzene rings is 1. The van der Waals surface area contributed by atoms with Gasteiger partial charge in [0.15, 0.2) is 0 Å². The molecule has 2 heterocycles. The number of ether oxygens (including phenoxy) is 2. The summed E-state index contributed by atoms with van der Waals surface area (Å²) in [6.45, 7) is 4.19. The van der Waals surface area contributed by atoms with Crippen molar-refractivity contribution in [2.24, 2.45) is 0 Å². The van der Waals surface area contributed by atoms with Crippen LogP contribution in [0.1, 0.15) is 29.9 Å². The van der Waals surface area contributed by atoms with E-state index >= 15 is 0 Å². The molecule has 2 aromatic heterocycles. The average molecular weight is 383 g/mol. The highest BCUT2D eigenvalue weighted by Gasteiger charge is 2.15. The fourth-order valence-corrected chi connectivity index (χ4v) is 3.31. The number of pyridine rings is 1. The monoisotopic (exact) mass is 383 g/mol. The van der Waals surface area contributed by atoms with Crippen molar-refractivity contribution in [1.29, 1.82) is 0 Å². The van der Waals surface area contributed by atoms with Gasteiger partial charge >= 0.3 is 0 Å². The summed E-state index contributed by atoms with van der Waals surface area (Å²) in [6.07, 6.45) is 1.68. The SMILES string of the molecule is COc1ccccc1-c1nc(C(=O)NCc2cccnc2OC(C)C)cs1. The smallest absolute Gasteiger partial charge is 0.271 e. The minimum Gasteiger partial charge on any atom is -0.496 e. The molecule has 3 aromatic rings. The molecular weight excluding hydrogens is 362 g/mol. The summed E-state index contributed by atoms with van der Waals surface area (Å²) in [4.78, 5) is 21.2. The van der Waals surface area contributed by atoms with E-state index in [0.717, 1.165) is 21.9 Å². The fraction of sp³-hybridized carbons (Fsp3) is 0.250. The normalized spacial score (nSPS) is 10.7. The molecule has 3 rings (SSSR count). The Labute approximate surface area is 162 Å². The first-order valence-electron chi connectivity index (χ1n) is 8.56. The number of hydrogen-bond donors (Lipinski definition) is 1. The fourth-order valence-electron chi connectivity index (χ4n) is 2.48. The van der Waals surface area contributed by atoms with Crippen LogP contribution < -0.4 is 14.8 Å². The predicted molar refractivity (Wildman–Crippen MR) is 105 cm³/mol. The summed E-state index contributed by atoms with van der Waals surface area (Å²) in [7, 11) is 1.62. The van der Waals surface area contributed by atoms with Gasteiger partial charge in [0, 0.05) is 23.7 Å². The topological polar surface area (TPSA) is 73.3 Å². The number of hydrogen-bond acceptors (Lipinski definition) is 6. The second kappa shape index (κ2) is 8.64. The molecule has 0 spiro atoms. The quantitative estimate of drug-likeness (QED) is 0.669. The van der Waals surface area contributed by atoms with Gasteiger partial charge in [-0.15, -0.1) is 11.3 Å². The standard InChI is InChI=1S/C20H21N3O3S/c1-13(2)26-19-14(7-6-10-21-19)11-22-18(24)16-12-27-20(23-16)15-8-4-5-9-17(15)25-3/h4-10,12-13H,11H2,1-3H3,(H,22,24). The Morgan fingerprint density at radius 2 is 2.04 bits per heavy atom. The molecule has 0 fully saturated rings. The van der Waals surface area contributed by atoms with Gasteiger partial charge in [-0.1, -0.05) is 18.2 Å². The van der Waals surface area contributed by atoms with Crippen molar-refractivity contribution < 1.29 is 14.3 Å². The molecule has 0 radical (unpaired) electrons. The van der Waals surface area contributed by atoms with Gasteiger partial charge in [-0.2, -0.15) is 0 Å². The van der Waals surface area contributed by atoms with Gasteiger partial charge in [0.25, 0.3) is 5.91 Å². The molecule has 0 bridgehead atoms. The average Bonchev–Trinajstić information content (AvgIpc) is 3.16. The lowest BCUT2D eigenvalue weighted by Gasteiger charge is -2.13. The summed E-state index contributed by atoms with van der Waals surface area (Å²) >= 11 is 1.40. The lowest BCUT2D eigenvalue weighted by molar-refractivity contribution is 0.0946. The number of carbonyl (C=O) groups is 1. The molecule has 0 unspecified atom stereocenters. The minimum atomic E-state index is -0.244. The maximum Gasteiger partial charge on any atom is 0.271 e. The number of nitrogens with one attached hydrogen (secondary N) is 1. The molecule has 27 heavy (non-hydrogen) atoms. The Hall–Kier alpha value is -2.93. The number of amides is 1. The molecule has 1 amide bonds. The van der Waals surface area contributed by atoms with Gasteiger partial charge in [-0.3, -0.25) is 4.79 Å². The Morgan fingerprint density at radius 3 is 2.81 bits per heavy atom. The van der Waals surface area contributed by atoms with E-state index in [0.29, 0.717) is 18.1 Å². The van der Waals surface area contributed by atoms with E-state index in [1.54, 1.807) is 18.7 Å². The lowest BCUT2D eigenvalue weighted by Crippen LogP contribution is -2.24. The molecule has 0 aliphatic carbocycles. The van der Waals surface area contributed by atoms with Crippen molar-refractivity contribution in [3.05, 3.63) is 59.2 Å². The van der Waals surface area contributed by atoms with Crippen molar-refractivity contribution in [3.8, 4) is 22.2 Å². The number of rotatable bonds is 7. The molecule has 6 nitrogen and oxygen atoms in total. The van der Waals surface area contributed by atoms with E-state index in [9.17, 15) is 4.79 Å². The first-order valence-corrected chi connectivity index (χ1v) is 9.44. The van der Waals surface area contributed by atoms with E-state index in [1.807, 2.05) is 50.2 Å². The highest BCUT2D eigenvalue weighted by molar-refractivity contribution is 7.13. The van der Waals surface area contributed by atoms with E-state index in [-0.39, 0.29) is 12.0 Å². The zero-order chi connectivity index (χ0) is 19.2. The van der Waals surface area contributed by atoms with Crippen LogP contribution in [0.5, 0.6) is 11.6 Å².